The van der Waals surface area contributed by atoms with E-state index in [2.05, 4.69) is 10.2 Å². The Morgan fingerprint density at radius 3 is 2.53 bits per heavy atom. The molecule has 2 N–H and O–H groups in total. The molecular formula is C14H15F2N3. The van der Waals surface area contributed by atoms with E-state index >= 15 is 0 Å². The molecule has 2 rings (SSSR count). The maximum absolute atomic E-state index is 13.1. The smallest absolute Gasteiger partial charge is 0.159 e. The van der Waals surface area contributed by atoms with Crippen molar-refractivity contribution in [3.8, 4) is 0 Å². The Labute approximate surface area is 110 Å². The topological polar surface area (TPSA) is 51.8 Å². The van der Waals surface area contributed by atoms with Crippen molar-refractivity contribution < 1.29 is 8.78 Å². The minimum absolute atomic E-state index is 0.320. The Bertz CT molecular complexity index is 599. The molecule has 5 heteroatoms. The van der Waals surface area contributed by atoms with Gasteiger partial charge in [0.15, 0.2) is 11.6 Å². The Kier molecular flexibility index (Phi) is 3.85. The third kappa shape index (κ3) is 3.12. The summed E-state index contributed by atoms with van der Waals surface area (Å²) < 4.78 is 26.0. The Hall–Kier alpha value is -1.88. The van der Waals surface area contributed by atoms with Crippen molar-refractivity contribution in [3.05, 3.63) is 58.4 Å². The second-order valence-electron chi connectivity index (χ2n) is 4.59. The zero-order valence-corrected chi connectivity index (χ0v) is 10.8. The second kappa shape index (κ2) is 5.40. The van der Waals surface area contributed by atoms with Crippen LogP contribution in [-0.4, -0.2) is 10.2 Å². The molecule has 100 valence electrons. The molecule has 1 unspecified atom stereocenters. The molecule has 1 heterocycles. The monoisotopic (exact) mass is 263 g/mol. The molecule has 0 radical (unpaired) electrons. The molecule has 0 bridgehead atoms. The predicted molar refractivity (Wildman–Crippen MR) is 68.5 cm³/mol. The van der Waals surface area contributed by atoms with Crippen molar-refractivity contribution in [2.75, 3.05) is 0 Å². The first-order valence-corrected chi connectivity index (χ1v) is 5.97. The van der Waals surface area contributed by atoms with Gasteiger partial charge in [-0.05, 0) is 49.6 Å². The van der Waals surface area contributed by atoms with E-state index in [4.69, 9.17) is 5.73 Å². The van der Waals surface area contributed by atoms with Gasteiger partial charge in [0, 0.05) is 6.04 Å². The highest BCUT2D eigenvalue weighted by molar-refractivity contribution is 5.27. The van der Waals surface area contributed by atoms with Crippen molar-refractivity contribution in [1.29, 1.82) is 0 Å². The van der Waals surface area contributed by atoms with Crippen LogP contribution in [0.4, 0.5) is 8.78 Å². The fraction of sp³-hybridized carbons (Fsp3) is 0.286. The average molecular weight is 263 g/mol. The number of nitrogens with zero attached hydrogens (tertiary/aromatic N) is 2. The third-order valence-electron chi connectivity index (χ3n) is 2.98. The van der Waals surface area contributed by atoms with E-state index in [-0.39, 0.29) is 6.04 Å². The highest BCUT2D eigenvalue weighted by Crippen LogP contribution is 2.19. The third-order valence-corrected chi connectivity index (χ3v) is 2.98. The van der Waals surface area contributed by atoms with Gasteiger partial charge in [0.25, 0.3) is 0 Å². The summed E-state index contributed by atoms with van der Waals surface area (Å²) in [7, 11) is 0. The summed E-state index contributed by atoms with van der Waals surface area (Å²) in [6, 6.07) is 5.37. The molecular weight excluding hydrogens is 248 g/mol. The van der Waals surface area contributed by atoms with E-state index < -0.39 is 11.6 Å². The normalized spacial score (nSPS) is 12.5. The van der Waals surface area contributed by atoms with Gasteiger partial charge >= 0.3 is 0 Å². The number of halogens is 2. The zero-order valence-electron chi connectivity index (χ0n) is 10.8. The standard InChI is InChI=1S/C14H15F2N3/c1-8-5-11(9(2)19-18-8)14(17)7-10-3-4-12(15)13(16)6-10/h3-6,14H,7,17H2,1-2H3. The molecule has 0 aliphatic heterocycles. The fourth-order valence-electron chi connectivity index (χ4n) is 1.98. The van der Waals surface area contributed by atoms with Crippen LogP contribution in [-0.2, 0) is 6.42 Å². The molecule has 2 aromatic rings. The lowest BCUT2D eigenvalue weighted by atomic mass is 9.98. The summed E-state index contributed by atoms with van der Waals surface area (Å²) in [6.45, 7) is 3.66. The van der Waals surface area contributed by atoms with Crippen LogP contribution in [0, 0.1) is 25.5 Å². The molecule has 0 aliphatic carbocycles. The van der Waals surface area contributed by atoms with Crippen LogP contribution in [0.1, 0.15) is 28.6 Å². The quantitative estimate of drug-likeness (QED) is 0.926. The molecule has 3 nitrogen and oxygen atoms in total. The summed E-state index contributed by atoms with van der Waals surface area (Å²) in [5, 5.41) is 7.95. The van der Waals surface area contributed by atoms with Gasteiger partial charge in [-0.15, -0.1) is 0 Å². The lowest BCUT2D eigenvalue weighted by Gasteiger charge is -2.14. The lowest BCUT2D eigenvalue weighted by Crippen LogP contribution is -2.16. The second-order valence-corrected chi connectivity index (χ2v) is 4.59. The predicted octanol–water partition coefficient (Wildman–Crippen LogP) is 2.61. The molecule has 0 fully saturated rings. The highest BCUT2D eigenvalue weighted by Gasteiger charge is 2.13. The Morgan fingerprint density at radius 2 is 1.84 bits per heavy atom. The number of nitrogens with two attached hydrogens (primary N) is 1. The van der Waals surface area contributed by atoms with Crippen molar-refractivity contribution in [2.24, 2.45) is 5.73 Å². The fourth-order valence-corrected chi connectivity index (χ4v) is 1.98. The average Bonchev–Trinajstić information content (AvgIpc) is 2.36. The molecule has 0 spiro atoms. The van der Waals surface area contributed by atoms with E-state index in [0.29, 0.717) is 12.0 Å². The summed E-state index contributed by atoms with van der Waals surface area (Å²) in [6.07, 6.45) is 0.420. The number of benzene rings is 1. The van der Waals surface area contributed by atoms with E-state index in [1.165, 1.54) is 12.1 Å². The summed E-state index contributed by atoms with van der Waals surface area (Å²) in [5.74, 6) is -1.71. The van der Waals surface area contributed by atoms with Gasteiger partial charge in [-0.1, -0.05) is 6.07 Å². The number of aromatic nitrogens is 2. The van der Waals surface area contributed by atoms with Crippen LogP contribution >= 0.6 is 0 Å². The van der Waals surface area contributed by atoms with Crippen LogP contribution in [0.5, 0.6) is 0 Å². The maximum Gasteiger partial charge on any atom is 0.159 e. The first kappa shape index (κ1) is 13.5. The van der Waals surface area contributed by atoms with Gasteiger partial charge < -0.3 is 5.73 Å². The molecule has 0 aliphatic rings. The number of rotatable bonds is 3. The van der Waals surface area contributed by atoms with E-state index in [0.717, 1.165) is 23.0 Å². The van der Waals surface area contributed by atoms with Crippen LogP contribution in [0.2, 0.25) is 0 Å². The van der Waals surface area contributed by atoms with Crippen LogP contribution in [0.15, 0.2) is 24.3 Å². The van der Waals surface area contributed by atoms with E-state index in [1.807, 2.05) is 19.9 Å². The number of hydrogen-bond acceptors (Lipinski definition) is 3. The molecule has 0 saturated heterocycles. The summed E-state index contributed by atoms with van der Waals surface area (Å²) >= 11 is 0. The molecule has 0 amide bonds. The van der Waals surface area contributed by atoms with Gasteiger partial charge in [0.05, 0.1) is 11.4 Å². The first-order valence-electron chi connectivity index (χ1n) is 5.97. The van der Waals surface area contributed by atoms with Gasteiger partial charge in [-0.25, -0.2) is 8.78 Å². The van der Waals surface area contributed by atoms with Gasteiger partial charge in [-0.3, -0.25) is 0 Å². The Balaban J connectivity index is 2.22. The van der Waals surface area contributed by atoms with Crippen LogP contribution in [0.25, 0.3) is 0 Å². The minimum atomic E-state index is -0.856. The van der Waals surface area contributed by atoms with E-state index in [9.17, 15) is 8.78 Å². The maximum atomic E-state index is 13.1. The van der Waals surface area contributed by atoms with Crippen molar-refractivity contribution in [2.45, 2.75) is 26.3 Å². The number of hydrogen-bond donors (Lipinski definition) is 1. The lowest BCUT2D eigenvalue weighted by molar-refractivity contribution is 0.506. The molecule has 0 saturated carbocycles. The van der Waals surface area contributed by atoms with Gasteiger partial charge in [0.1, 0.15) is 0 Å². The largest absolute Gasteiger partial charge is 0.324 e. The molecule has 19 heavy (non-hydrogen) atoms. The van der Waals surface area contributed by atoms with Crippen molar-refractivity contribution >= 4 is 0 Å². The van der Waals surface area contributed by atoms with Gasteiger partial charge in [-0.2, -0.15) is 10.2 Å². The molecule has 1 atom stereocenters. The highest BCUT2D eigenvalue weighted by atomic mass is 19.2. The minimum Gasteiger partial charge on any atom is -0.324 e. The zero-order chi connectivity index (χ0) is 14.0. The van der Waals surface area contributed by atoms with Gasteiger partial charge in [0.2, 0.25) is 0 Å². The van der Waals surface area contributed by atoms with E-state index in [1.54, 1.807) is 0 Å². The summed E-state index contributed by atoms with van der Waals surface area (Å²) in [4.78, 5) is 0. The molecule has 1 aromatic heterocycles. The van der Waals surface area contributed by atoms with Crippen LogP contribution < -0.4 is 5.73 Å². The van der Waals surface area contributed by atoms with Crippen molar-refractivity contribution in [3.63, 3.8) is 0 Å². The number of aryl methyl sites for hydroxylation is 2. The Morgan fingerprint density at radius 1 is 1.11 bits per heavy atom. The molecule has 1 aromatic carbocycles. The summed E-state index contributed by atoms with van der Waals surface area (Å²) in [5.41, 5.74) is 9.16. The first-order chi connectivity index (χ1) is 8.97. The van der Waals surface area contributed by atoms with Crippen molar-refractivity contribution in [1.82, 2.24) is 10.2 Å². The van der Waals surface area contributed by atoms with Crippen LogP contribution in [0.3, 0.4) is 0 Å². The SMILES string of the molecule is Cc1cc(C(N)Cc2ccc(F)c(F)c2)c(C)nn1.